The number of amides is 1. The monoisotopic (exact) mass is 378 g/mol. The van der Waals surface area contributed by atoms with Gasteiger partial charge in [-0.1, -0.05) is 46.5 Å². The number of benzene rings is 2. The predicted octanol–water partition coefficient (Wildman–Crippen LogP) is 4.52. The van der Waals surface area contributed by atoms with Gasteiger partial charge >= 0.3 is 0 Å². The van der Waals surface area contributed by atoms with Crippen LogP contribution >= 0.6 is 34.5 Å². The first kappa shape index (κ1) is 16.7. The van der Waals surface area contributed by atoms with Crippen LogP contribution in [0, 0.1) is 18.2 Å². The third-order valence-electron chi connectivity index (χ3n) is 3.25. The van der Waals surface area contributed by atoms with Gasteiger partial charge in [0.25, 0.3) is 5.91 Å². The predicted molar refractivity (Wildman–Crippen MR) is 95.0 cm³/mol. The number of carbonyl (C=O) groups excluding carboxylic acids is 1. The zero-order valence-electron chi connectivity index (χ0n) is 12.1. The van der Waals surface area contributed by atoms with E-state index in [1.165, 1.54) is 29.5 Å². The van der Waals surface area contributed by atoms with E-state index in [2.05, 4.69) is 10.9 Å². The highest BCUT2D eigenvalue weighted by molar-refractivity contribution is 7.16. The van der Waals surface area contributed by atoms with Gasteiger partial charge in [-0.15, -0.1) is 6.42 Å². The average Bonchev–Trinajstić information content (AvgIpc) is 2.90. The normalized spacial score (nSPS) is 11.7. The molecule has 0 saturated carbocycles. The summed E-state index contributed by atoms with van der Waals surface area (Å²) in [5, 5.41) is 0.732. The van der Waals surface area contributed by atoms with Crippen molar-refractivity contribution >= 4 is 50.7 Å². The van der Waals surface area contributed by atoms with Crippen LogP contribution in [0.15, 0.2) is 41.4 Å². The summed E-state index contributed by atoms with van der Waals surface area (Å²) >= 11 is 13.6. The Labute approximate surface area is 151 Å². The van der Waals surface area contributed by atoms with Gasteiger partial charge < -0.3 is 4.57 Å². The van der Waals surface area contributed by atoms with E-state index in [9.17, 15) is 9.18 Å². The highest BCUT2D eigenvalue weighted by atomic mass is 35.5. The van der Waals surface area contributed by atoms with E-state index >= 15 is 0 Å². The van der Waals surface area contributed by atoms with Crippen molar-refractivity contribution in [1.29, 1.82) is 0 Å². The number of thiazole rings is 1. The maximum absolute atomic E-state index is 13.3. The SMILES string of the molecule is C#CCn1c(=NC(=O)c2cccc(F)c2)sc2ccc(Cl)c(Cl)c21. The summed E-state index contributed by atoms with van der Waals surface area (Å²) in [6.45, 7) is 0.176. The molecule has 3 aromatic rings. The molecule has 0 atom stereocenters. The number of aromatic nitrogens is 1. The number of carbonyl (C=O) groups is 1. The Morgan fingerprint density at radius 3 is 2.83 bits per heavy atom. The van der Waals surface area contributed by atoms with E-state index in [0.29, 0.717) is 20.4 Å². The van der Waals surface area contributed by atoms with Gasteiger partial charge in [-0.25, -0.2) is 4.39 Å². The van der Waals surface area contributed by atoms with Gasteiger partial charge in [-0.05, 0) is 30.3 Å². The van der Waals surface area contributed by atoms with Crippen molar-refractivity contribution in [1.82, 2.24) is 4.57 Å². The molecule has 7 heteroatoms. The minimum atomic E-state index is -0.561. The minimum Gasteiger partial charge on any atom is -0.303 e. The smallest absolute Gasteiger partial charge is 0.279 e. The van der Waals surface area contributed by atoms with Crippen LogP contribution in [0.5, 0.6) is 0 Å². The molecule has 0 aliphatic heterocycles. The van der Waals surface area contributed by atoms with Gasteiger partial charge in [0.05, 0.1) is 26.8 Å². The second kappa shape index (κ2) is 6.78. The lowest BCUT2D eigenvalue weighted by Gasteiger charge is -2.03. The number of hydrogen-bond donors (Lipinski definition) is 0. The Morgan fingerprint density at radius 1 is 1.33 bits per heavy atom. The fourth-order valence-electron chi connectivity index (χ4n) is 2.20. The first-order valence-corrected chi connectivity index (χ1v) is 8.34. The number of fused-ring (bicyclic) bond motifs is 1. The molecule has 0 fully saturated rings. The van der Waals surface area contributed by atoms with Crippen molar-refractivity contribution in [3.8, 4) is 12.3 Å². The Kier molecular flexibility index (Phi) is 4.72. The number of halogens is 3. The highest BCUT2D eigenvalue weighted by Gasteiger charge is 2.13. The Hall–Kier alpha value is -2.13. The van der Waals surface area contributed by atoms with Crippen LogP contribution in [0.25, 0.3) is 10.2 Å². The molecule has 3 nitrogen and oxygen atoms in total. The number of terminal acetylenes is 1. The molecule has 1 heterocycles. The zero-order chi connectivity index (χ0) is 17.3. The fraction of sp³-hybridized carbons (Fsp3) is 0.0588. The second-order valence-corrected chi connectivity index (χ2v) is 6.60. The van der Waals surface area contributed by atoms with E-state index in [-0.39, 0.29) is 12.1 Å². The van der Waals surface area contributed by atoms with E-state index in [1.54, 1.807) is 16.7 Å². The summed E-state index contributed by atoms with van der Waals surface area (Å²) in [6.07, 6.45) is 5.41. The largest absolute Gasteiger partial charge is 0.303 e. The molecular weight excluding hydrogens is 370 g/mol. The molecule has 0 bridgehead atoms. The number of nitrogens with zero attached hydrogens (tertiary/aromatic N) is 2. The summed E-state index contributed by atoms with van der Waals surface area (Å²) in [5.74, 6) is 1.45. The molecule has 0 aliphatic rings. The first-order chi connectivity index (χ1) is 11.5. The maximum atomic E-state index is 13.3. The summed E-state index contributed by atoms with van der Waals surface area (Å²) in [5.41, 5.74) is 0.779. The molecule has 120 valence electrons. The minimum absolute atomic E-state index is 0.156. The summed E-state index contributed by atoms with van der Waals surface area (Å²) in [4.78, 5) is 16.8. The maximum Gasteiger partial charge on any atom is 0.279 e. The van der Waals surface area contributed by atoms with Gasteiger partial charge in [0, 0.05) is 5.56 Å². The molecule has 3 rings (SSSR count). The number of rotatable bonds is 2. The third kappa shape index (κ3) is 3.09. The van der Waals surface area contributed by atoms with E-state index in [1.807, 2.05) is 0 Å². The van der Waals surface area contributed by atoms with Crippen molar-refractivity contribution in [2.24, 2.45) is 4.99 Å². The molecule has 0 saturated heterocycles. The highest BCUT2D eigenvalue weighted by Crippen LogP contribution is 2.32. The van der Waals surface area contributed by atoms with Gasteiger partial charge in [0.1, 0.15) is 5.82 Å². The van der Waals surface area contributed by atoms with Gasteiger partial charge in [0.15, 0.2) is 4.80 Å². The second-order valence-electron chi connectivity index (χ2n) is 4.81. The quantitative estimate of drug-likeness (QED) is 0.603. The van der Waals surface area contributed by atoms with Crippen LogP contribution < -0.4 is 4.80 Å². The van der Waals surface area contributed by atoms with Crippen LogP contribution in [-0.2, 0) is 6.54 Å². The molecule has 1 amide bonds. The fourth-order valence-corrected chi connectivity index (χ4v) is 3.71. The van der Waals surface area contributed by atoms with Crippen LogP contribution in [0.2, 0.25) is 10.0 Å². The van der Waals surface area contributed by atoms with Crippen LogP contribution in [0.3, 0.4) is 0 Å². The number of hydrogen-bond acceptors (Lipinski definition) is 2. The Morgan fingerprint density at radius 2 is 2.12 bits per heavy atom. The van der Waals surface area contributed by atoms with E-state index < -0.39 is 11.7 Å². The van der Waals surface area contributed by atoms with Crippen LogP contribution in [-0.4, -0.2) is 10.5 Å². The lowest BCUT2D eigenvalue weighted by atomic mass is 10.2. The van der Waals surface area contributed by atoms with Crippen molar-refractivity contribution in [3.63, 3.8) is 0 Å². The van der Waals surface area contributed by atoms with Crippen molar-refractivity contribution < 1.29 is 9.18 Å². The lowest BCUT2D eigenvalue weighted by molar-refractivity contribution is 0.0997. The molecule has 0 radical (unpaired) electrons. The molecule has 0 aliphatic carbocycles. The average molecular weight is 379 g/mol. The summed E-state index contributed by atoms with van der Waals surface area (Å²) in [6, 6.07) is 8.80. The summed E-state index contributed by atoms with van der Waals surface area (Å²) in [7, 11) is 0. The van der Waals surface area contributed by atoms with Gasteiger partial charge in [-0.3, -0.25) is 4.79 Å². The lowest BCUT2D eigenvalue weighted by Crippen LogP contribution is -2.16. The van der Waals surface area contributed by atoms with Crippen LogP contribution in [0.4, 0.5) is 4.39 Å². The standard InChI is InChI=1S/C17H9Cl2FN2OS/c1-2-8-22-15-13(7-6-12(18)14(15)19)24-17(22)21-16(23)10-4-3-5-11(20)9-10/h1,3-7,9H,8H2. The molecule has 1 aromatic heterocycles. The van der Waals surface area contributed by atoms with Gasteiger partial charge in [-0.2, -0.15) is 4.99 Å². The molecule has 2 aromatic carbocycles. The van der Waals surface area contributed by atoms with Crippen molar-refractivity contribution in [2.45, 2.75) is 6.54 Å². The van der Waals surface area contributed by atoms with Crippen molar-refractivity contribution in [3.05, 3.63) is 62.6 Å². The van der Waals surface area contributed by atoms with E-state index in [0.717, 1.165) is 10.8 Å². The Bertz CT molecular complexity index is 1060. The first-order valence-electron chi connectivity index (χ1n) is 6.76. The van der Waals surface area contributed by atoms with E-state index in [4.69, 9.17) is 29.6 Å². The molecular formula is C17H9Cl2FN2OS. The topological polar surface area (TPSA) is 34.4 Å². The molecule has 0 N–H and O–H groups in total. The molecule has 0 unspecified atom stereocenters. The zero-order valence-corrected chi connectivity index (χ0v) is 14.4. The Balaban J connectivity index is 2.22. The third-order valence-corrected chi connectivity index (χ3v) is 5.09. The van der Waals surface area contributed by atoms with Crippen LogP contribution in [0.1, 0.15) is 10.4 Å². The van der Waals surface area contributed by atoms with Gasteiger partial charge in [0.2, 0.25) is 0 Å². The summed E-state index contributed by atoms with van der Waals surface area (Å²) < 4.78 is 15.7. The molecule has 0 spiro atoms. The van der Waals surface area contributed by atoms with Crippen molar-refractivity contribution in [2.75, 3.05) is 0 Å². The molecule has 24 heavy (non-hydrogen) atoms.